The standard InChI is InChI=1S/C13H22O2/c1-4-9-7-10(12(14)5-2)11(8-9)13(15)6-3/h9-11H,4-8H2,1-3H3. The summed E-state index contributed by atoms with van der Waals surface area (Å²) in [7, 11) is 0. The molecule has 2 heteroatoms. The predicted molar refractivity (Wildman–Crippen MR) is 60.6 cm³/mol. The smallest absolute Gasteiger partial charge is 0.136 e. The number of rotatable bonds is 5. The zero-order valence-corrected chi connectivity index (χ0v) is 10.1. The van der Waals surface area contributed by atoms with E-state index in [1.165, 1.54) is 0 Å². The van der Waals surface area contributed by atoms with Crippen molar-refractivity contribution in [3.63, 3.8) is 0 Å². The van der Waals surface area contributed by atoms with Gasteiger partial charge in [0.1, 0.15) is 11.6 Å². The van der Waals surface area contributed by atoms with E-state index in [1.54, 1.807) is 0 Å². The van der Waals surface area contributed by atoms with Gasteiger partial charge >= 0.3 is 0 Å². The van der Waals surface area contributed by atoms with E-state index in [0.717, 1.165) is 19.3 Å². The molecule has 1 aliphatic rings. The number of hydrogen-bond donors (Lipinski definition) is 0. The minimum atomic E-state index is 0.0346. The third-order valence-corrected chi connectivity index (χ3v) is 3.76. The molecule has 0 aliphatic heterocycles. The Balaban J connectivity index is 2.73. The molecule has 1 fully saturated rings. The normalized spacial score (nSPS) is 30.5. The van der Waals surface area contributed by atoms with Crippen molar-refractivity contribution in [1.82, 2.24) is 0 Å². The van der Waals surface area contributed by atoms with Gasteiger partial charge in [0.15, 0.2) is 0 Å². The lowest BCUT2D eigenvalue weighted by Gasteiger charge is -2.15. The zero-order valence-electron chi connectivity index (χ0n) is 10.1. The molecule has 2 unspecified atom stereocenters. The molecule has 0 aromatic carbocycles. The molecule has 1 rings (SSSR count). The highest BCUT2D eigenvalue weighted by molar-refractivity contribution is 5.90. The van der Waals surface area contributed by atoms with Crippen LogP contribution in [0.15, 0.2) is 0 Å². The topological polar surface area (TPSA) is 34.1 Å². The molecule has 0 heterocycles. The van der Waals surface area contributed by atoms with Gasteiger partial charge in [0.2, 0.25) is 0 Å². The molecule has 0 spiro atoms. The van der Waals surface area contributed by atoms with Crippen LogP contribution in [0, 0.1) is 17.8 Å². The molecule has 15 heavy (non-hydrogen) atoms. The second kappa shape index (κ2) is 5.43. The minimum Gasteiger partial charge on any atom is -0.299 e. The van der Waals surface area contributed by atoms with E-state index in [2.05, 4.69) is 6.92 Å². The maximum absolute atomic E-state index is 11.8. The first-order valence-electron chi connectivity index (χ1n) is 6.19. The number of Topliss-reactive ketones (excluding diaryl/α,β-unsaturated/α-hetero) is 2. The van der Waals surface area contributed by atoms with Gasteiger partial charge in [0.25, 0.3) is 0 Å². The Morgan fingerprint density at radius 2 is 1.33 bits per heavy atom. The van der Waals surface area contributed by atoms with Crippen molar-refractivity contribution in [3.8, 4) is 0 Å². The average Bonchev–Trinajstić information content (AvgIpc) is 2.70. The van der Waals surface area contributed by atoms with Gasteiger partial charge in [-0.05, 0) is 18.8 Å². The van der Waals surface area contributed by atoms with Gasteiger partial charge in [-0.2, -0.15) is 0 Å². The molecule has 0 N–H and O–H groups in total. The summed E-state index contributed by atoms with van der Waals surface area (Å²) < 4.78 is 0. The molecule has 0 bridgehead atoms. The molecule has 0 amide bonds. The van der Waals surface area contributed by atoms with Gasteiger partial charge in [-0.25, -0.2) is 0 Å². The van der Waals surface area contributed by atoms with Crippen molar-refractivity contribution < 1.29 is 9.59 Å². The summed E-state index contributed by atoms with van der Waals surface area (Å²) in [6.45, 7) is 5.95. The van der Waals surface area contributed by atoms with Gasteiger partial charge < -0.3 is 0 Å². The monoisotopic (exact) mass is 210 g/mol. The fourth-order valence-corrected chi connectivity index (χ4v) is 2.71. The van der Waals surface area contributed by atoms with Crippen LogP contribution in [0.4, 0.5) is 0 Å². The first kappa shape index (κ1) is 12.4. The summed E-state index contributed by atoms with van der Waals surface area (Å²) >= 11 is 0. The Morgan fingerprint density at radius 3 is 1.60 bits per heavy atom. The van der Waals surface area contributed by atoms with Crippen molar-refractivity contribution in [3.05, 3.63) is 0 Å². The highest BCUT2D eigenvalue weighted by Gasteiger charge is 2.39. The Bertz CT molecular complexity index is 221. The van der Waals surface area contributed by atoms with E-state index in [4.69, 9.17) is 0 Å². The van der Waals surface area contributed by atoms with Crippen LogP contribution in [0.2, 0.25) is 0 Å². The number of hydrogen-bond acceptors (Lipinski definition) is 2. The maximum Gasteiger partial charge on any atom is 0.136 e. The largest absolute Gasteiger partial charge is 0.299 e. The molecule has 0 saturated heterocycles. The quantitative estimate of drug-likeness (QED) is 0.699. The Kier molecular flexibility index (Phi) is 4.49. The summed E-state index contributed by atoms with van der Waals surface area (Å²) in [5.41, 5.74) is 0. The summed E-state index contributed by atoms with van der Waals surface area (Å²) in [6.07, 6.45) is 4.14. The van der Waals surface area contributed by atoms with Crippen molar-refractivity contribution in [2.45, 2.75) is 52.9 Å². The van der Waals surface area contributed by atoms with Gasteiger partial charge in [0.05, 0.1) is 0 Å². The second-order valence-corrected chi connectivity index (χ2v) is 4.60. The van der Waals surface area contributed by atoms with E-state index in [0.29, 0.717) is 18.8 Å². The number of carbonyl (C=O) groups excluding carboxylic acids is 2. The zero-order chi connectivity index (χ0) is 11.4. The lowest BCUT2D eigenvalue weighted by atomic mass is 9.87. The SMILES string of the molecule is CCC(=O)C1CC(CC)CC1C(=O)CC. The van der Waals surface area contributed by atoms with Crippen molar-refractivity contribution in [2.75, 3.05) is 0 Å². The fraction of sp³-hybridized carbons (Fsp3) is 0.846. The van der Waals surface area contributed by atoms with E-state index < -0.39 is 0 Å². The van der Waals surface area contributed by atoms with Gasteiger partial charge in [-0.1, -0.05) is 27.2 Å². The highest BCUT2D eigenvalue weighted by atomic mass is 16.1. The van der Waals surface area contributed by atoms with Crippen molar-refractivity contribution in [1.29, 1.82) is 0 Å². The second-order valence-electron chi connectivity index (χ2n) is 4.60. The van der Waals surface area contributed by atoms with Crippen LogP contribution in [0.25, 0.3) is 0 Å². The molecule has 0 aromatic heterocycles. The molecule has 86 valence electrons. The van der Waals surface area contributed by atoms with E-state index >= 15 is 0 Å². The third kappa shape index (κ3) is 2.67. The van der Waals surface area contributed by atoms with Crippen molar-refractivity contribution in [2.24, 2.45) is 17.8 Å². The van der Waals surface area contributed by atoms with Crippen LogP contribution in [0.1, 0.15) is 52.9 Å². The van der Waals surface area contributed by atoms with E-state index in [9.17, 15) is 9.59 Å². The Labute approximate surface area is 92.4 Å². The van der Waals surface area contributed by atoms with E-state index in [-0.39, 0.29) is 23.4 Å². The summed E-state index contributed by atoms with van der Waals surface area (Å²) in [5.74, 6) is 1.24. The van der Waals surface area contributed by atoms with Gasteiger partial charge in [-0.3, -0.25) is 9.59 Å². The van der Waals surface area contributed by atoms with Crippen LogP contribution in [-0.2, 0) is 9.59 Å². The summed E-state index contributed by atoms with van der Waals surface area (Å²) in [6, 6.07) is 0. The molecule has 2 atom stereocenters. The molecule has 1 saturated carbocycles. The van der Waals surface area contributed by atoms with Crippen LogP contribution < -0.4 is 0 Å². The van der Waals surface area contributed by atoms with Crippen LogP contribution in [0.5, 0.6) is 0 Å². The maximum atomic E-state index is 11.8. The van der Waals surface area contributed by atoms with Gasteiger partial charge in [0, 0.05) is 24.7 Å². The van der Waals surface area contributed by atoms with E-state index in [1.807, 2.05) is 13.8 Å². The van der Waals surface area contributed by atoms with Crippen LogP contribution >= 0.6 is 0 Å². The van der Waals surface area contributed by atoms with Crippen molar-refractivity contribution >= 4 is 11.6 Å². The molecular formula is C13H22O2. The summed E-state index contributed by atoms with van der Waals surface area (Å²) in [4.78, 5) is 23.5. The molecule has 0 aromatic rings. The molecule has 0 radical (unpaired) electrons. The van der Waals surface area contributed by atoms with Crippen LogP contribution in [0.3, 0.4) is 0 Å². The Morgan fingerprint density at radius 1 is 0.933 bits per heavy atom. The fourth-order valence-electron chi connectivity index (χ4n) is 2.71. The van der Waals surface area contributed by atoms with Crippen LogP contribution in [-0.4, -0.2) is 11.6 Å². The molecule has 2 nitrogen and oxygen atoms in total. The lowest BCUT2D eigenvalue weighted by Crippen LogP contribution is -2.24. The highest BCUT2D eigenvalue weighted by Crippen LogP contribution is 2.40. The lowest BCUT2D eigenvalue weighted by molar-refractivity contribution is -0.130. The first-order valence-corrected chi connectivity index (χ1v) is 6.19. The predicted octanol–water partition coefficient (Wildman–Crippen LogP) is 3.00. The summed E-state index contributed by atoms with van der Waals surface area (Å²) in [5, 5.41) is 0. The van der Waals surface area contributed by atoms with Gasteiger partial charge in [-0.15, -0.1) is 0 Å². The first-order chi connectivity index (χ1) is 7.13. The number of ketones is 2. The molecular weight excluding hydrogens is 188 g/mol. The average molecular weight is 210 g/mol. The minimum absolute atomic E-state index is 0.0346. The Hall–Kier alpha value is -0.660. The number of carbonyl (C=O) groups is 2. The third-order valence-electron chi connectivity index (χ3n) is 3.76. The molecule has 1 aliphatic carbocycles.